The molecule has 2 bridgehead atoms. The van der Waals surface area contributed by atoms with Crippen molar-refractivity contribution in [3.05, 3.63) is 71.8 Å². The monoisotopic (exact) mass is 476 g/mol. The summed E-state index contributed by atoms with van der Waals surface area (Å²) in [7, 11) is 0. The molecule has 0 radical (unpaired) electrons. The van der Waals surface area contributed by atoms with Crippen LogP contribution in [0.3, 0.4) is 0 Å². The van der Waals surface area contributed by atoms with Gasteiger partial charge in [-0.05, 0) is 62.6 Å². The summed E-state index contributed by atoms with van der Waals surface area (Å²) in [6.45, 7) is 2.53. The van der Waals surface area contributed by atoms with Crippen LogP contribution in [0.5, 0.6) is 0 Å². The number of carbonyl (C=O) groups is 2. The smallest absolute Gasteiger partial charge is 0.240 e. The molecule has 0 spiro atoms. The van der Waals surface area contributed by atoms with Crippen molar-refractivity contribution in [3.8, 4) is 12.1 Å². The van der Waals surface area contributed by atoms with Gasteiger partial charge in [-0.2, -0.15) is 10.5 Å². The Balaban J connectivity index is 1.31. The zero-order valence-electron chi connectivity index (χ0n) is 19.8. The number of nitrogens with zero attached hydrogens (tertiary/aromatic N) is 3. The maximum Gasteiger partial charge on any atom is 0.240 e. The van der Waals surface area contributed by atoms with Crippen LogP contribution in [-0.2, 0) is 14.3 Å². The van der Waals surface area contributed by atoms with Crippen LogP contribution in [0, 0.1) is 34.5 Å². The Morgan fingerprint density at radius 2 is 1.67 bits per heavy atom. The van der Waals surface area contributed by atoms with Gasteiger partial charge >= 0.3 is 0 Å². The van der Waals surface area contributed by atoms with Crippen LogP contribution in [0.2, 0.25) is 0 Å². The maximum atomic E-state index is 13.9. The van der Waals surface area contributed by atoms with E-state index < -0.39 is 23.0 Å². The van der Waals surface area contributed by atoms with Gasteiger partial charge in [-0.15, -0.1) is 0 Å². The highest BCUT2D eigenvalue weighted by atomic mass is 16.5. The lowest BCUT2D eigenvalue weighted by molar-refractivity contribution is -0.130. The fraction of sp³-hybridized carbons (Fsp3) is 0.310. The summed E-state index contributed by atoms with van der Waals surface area (Å²) in [4.78, 5) is 29.1. The van der Waals surface area contributed by atoms with E-state index >= 15 is 0 Å². The highest BCUT2D eigenvalue weighted by Crippen LogP contribution is 2.62. The van der Waals surface area contributed by atoms with Crippen LogP contribution in [0.4, 0.5) is 11.4 Å². The lowest BCUT2D eigenvalue weighted by atomic mass is 9.67. The second kappa shape index (κ2) is 7.91. The number of rotatable bonds is 5. The SMILES string of the molecule is C[C@@]12CC[C@@](CCNc3ccc(C#N)cc3)(O1)[C@H]1C(=O)N(c3ccc(C#N)c4ccccc34)C(=O)[C@H]12. The van der Waals surface area contributed by atoms with Gasteiger partial charge in [0.25, 0.3) is 0 Å². The molecule has 0 aromatic heterocycles. The Morgan fingerprint density at radius 3 is 2.39 bits per heavy atom. The van der Waals surface area contributed by atoms with Gasteiger partial charge in [-0.25, -0.2) is 4.90 Å². The Kier molecular flexibility index (Phi) is 4.90. The molecule has 3 heterocycles. The summed E-state index contributed by atoms with van der Waals surface area (Å²) in [5, 5.41) is 23.3. The predicted octanol–water partition coefficient (Wildman–Crippen LogP) is 4.51. The van der Waals surface area contributed by atoms with Crippen LogP contribution in [0.25, 0.3) is 10.8 Å². The van der Waals surface area contributed by atoms with E-state index in [1.54, 1.807) is 24.3 Å². The zero-order valence-corrected chi connectivity index (χ0v) is 19.8. The van der Waals surface area contributed by atoms with Crippen molar-refractivity contribution >= 4 is 34.0 Å². The number of ether oxygens (including phenoxy) is 1. The number of nitrogens with one attached hydrogen (secondary N) is 1. The van der Waals surface area contributed by atoms with Gasteiger partial charge in [0.15, 0.2) is 0 Å². The first-order valence-corrected chi connectivity index (χ1v) is 12.1. The van der Waals surface area contributed by atoms with E-state index in [4.69, 9.17) is 10.00 Å². The fourth-order valence-electron chi connectivity index (χ4n) is 6.50. The van der Waals surface area contributed by atoms with Crippen molar-refractivity contribution in [2.75, 3.05) is 16.8 Å². The minimum absolute atomic E-state index is 0.219. The van der Waals surface area contributed by atoms with Crippen LogP contribution >= 0.6 is 0 Å². The molecule has 0 saturated carbocycles. The largest absolute Gasteiger partial charge is 0.385 e. The predicted molar refractivity (Wildman–Crippen MR) is 134 cm³/mol. The molecule has 3 fully saturated rings. The topological polar surface area (TPSA) is 106 Å². The third-order valence-corrected chi connectivity index (χ3v) is 8.17. The fourth-order valence-corrected chi connectivity index (χ4v) is 6.50. The second-order valence-corrected chi connectivity index (χ2v) is 10.1. The zero-order chi connectivity index (χ0) is 25.1. The second-order valence-electron chi connectivity index (χ2n) is 10.1. The quantitative estimate of drug-likeness (QED) is 0.543. The van der Waals surface area contributed by atoms with E-state index in [1.807, 2.05) is 43.3 Å². The third kappa shape index (κ3) is 3.07. The average Bonchev–Trinajstić information content (AvgIpc) is 3.48. The molecule has 0 unspecified atom stereocenters. The van der Waals surface area contributed by atoms with E-state index in [0.29, 0.717) is 35.2 Å². The number of benzene rings is 3. The van der Waals surface area contributed by atoms with Crippen molar-refractivity contribution in [3.63, 3.8) is 0 Å². The molecule has 3 aliphatic heterocycles. The molecule has 4 atom stereocenters. The molecule has 0 aliphatic carbocycles. The first kappa shape index (κ1) is 22.3. The summed E-state index contributed by atoms with van der Waals surface area (Å²) in [5.41, 5.74) is 1.14. The molecule has 36 heavy (non-hydrogen) atoms. The first-order valence-electron chi connectivity index (χ1n) is 12.1. The van der Waals surface area contributed by atoms with Gasteiger partial charge in [0, 0.05) is 23.0 Å². The molecule has 3 aliphatic rings. The standard InChI is InChI=1S/C29H24N4O3/c1-28-12-13-29(36-28,14-15-32-20-9-6-18(16-30)7-10-20)25-24(28)26(34)33(27(25)35)23-11-8-19(17-31)21-4-2-3-5-22(21)23/h2-11,24-25,32H,12-15H2,1H3/t24-,25+,28-,29-/m0/s1. The van der Waals surface area contributed by atoms with Gasteiger partial charge in [-0.3, -0.25) is 9.59 Å². The molecule has 3 saturated heterocycles. The van der Waals surface area contributed by atoms with E-state index in [-0.39, 0.29) is 11.8 Å². The van der Waals surface area contributed by atoms with E-state index in [9.17, 15) is 14.9 Å². The molecular weight excluding hydrogens is 452 g/mol. The van der Waals surface area contributed by atoms with Crippen molar-refractivity contribution in [2.24, 2.45) is 11.8 Å². The van der Waals surface area contributed by atoms with Gasteiger partial charge in [0.1, 0.15) is 0 Å². The molecule has 1 N–H and O–H groups in total. The van der Waals surface area contributed by atoms with Gasteiger partial charge in [0.2, 0.25) is 11.8 Å². The number of hydrogen-bond donors (Lipinski definition) is 1. The van der Waals surface area contributed by atoms with Crippen LogP contribution in [-0.4, -0.2) is 29.6 Å². The minimum atomic E-state index is -0.705. The lowest BCUT2D eigenvalue weighted by Gasteiger charge is -2.31. The molecule has 3 aromatic rings. The van der Waals surface area contributed by atoms with Crippen molar-refractivity contribution in [2.45, 2.75) is 37.4 Å². The summed E-state index contributed by atoms with van der Waals surface area (Å²) >= 11 is 0. The molecule has 6 rings (SSSR count). The van der Waals surface area contributed by atoms with Crippen molar-refractivity contribution < 1.29 is 14.3 Å². The summed E-state index contributed by atoms with van der Waals surface area (Å²) in [5.74, 6) is -1.50. The number of anilines is 2. The Labute approximate surface area is 208 Å². The third-order valence-electron chi connectivity index (χ3n) is 8.17. The lowest BCUT2D eigenvalue weighted by Crippen LogP contribution is -2.43. The highest BCUT2D eigenvalue weighted by Gasteiger charge is 2.73. The number of carbonyl (C=O) groups excluding carboxylic acids is 2. The van der Waals surface area contributed by atoms with Crippen LogP contribution in [0.1, 0.15) is 37.3 Å². The Hall–Kier alpha value is -4.20. The molecular formula is C29H24N4O3. The van der Waals surface area contributed by atoms with Crippen molar-refractivity contribution in [1.29, 1.82) is 10.5 Å². The number of amides is 2. The van der Waals surface area contributed by atoms with E-state index in [2.05, 4.69) is 17.5 Å². The minimum Gasteiger partial charge on any atom is -0.385 e. The molecule has 7 nitrogen and oxygen atoms in total. The normalized spacial score (nSPS) is 28.2. The molecule has 178 valence electrons. The highest BCUT2D eigenvalue weighted by molar-refractivity contribution is 6.26. The molecule has 2 amide bonds. The average molecular weight is 477 g/mol. The number of hydrogen-bond acceptors (Lipinski definition) is 6. The number of fused-ring (bicyclic) bond motifs is 6. The summed E-state index contributed by atoms with van der Waals surface area (Å²) in [6.07, 6.45) is 2.04. The molecule has 3 aromatic carbocycles. The maximum absolute atomic E-state index is 13.9. The van der Waals surface area contributed by atoms with Crippen LogP contribution in [0.15, 0.2) is 60.7 Å². The number of nitriles is 2. The van der Waals surface area contributed by atoms with Gasteiger partial charge < -0.3 is 10.1 Å². The Bertz CT molecular complexity index is 1500. The van der Waals surface area contributed by atoms with Crippen LogP contribution < -0.4 is 10.2 Å². The number of imide groups is 1. The first-order chi connectivity index (χ1) is 17.4. The van der Waals surface area contributed by atoms with E-state index in [1.165, 1.54) is 4.90 Å². The summed E-state index contributed by atoms with van der Waals surface area (Å²) in [6, 6.07) is 22.3. The van der Waals surface area contributed by atoms with Gasteiger partial charge in [0.05, 0.1) is 52.0 Å². The van der Waals surface area contributed by atoms with Crippen molar-refractivity contribution in [1.82, 2.24) is 0 Å². The molecule has 7 heteroatoms. The van der Waals surface area contributed by atoms with E-state index in [0.717, 1.165) is 23.9 Å². The van der Waals surface area contributed by atoms with Gasteiger partial charge in [-0.1, -0.05) is 24.3 Å². The summed E-state index contributed by atoms with van der Waals surface area (Å²) < 4.78 is 6.54. The Morgan fingerprint density at radius 1 is 0.944 bits per heavy atom.